The van der Waals surface area contributed by atoms with Crippen molar-refractivity contribution in [3.63, 3.8) is 0 Å². The molecule has 4 rings (SSSR count). The predicted molar refractivity (Wildman–Crippen MR) is 115 cm³/mol. The molecule has 0 N–H and O–H groups in total. The summed E-state index contributed by atoms with van der Waals surface area (Å²) >= 11 is 0. The van der Waals surface area contributed by atoms with Crippen molar-refractivity contribution in [3.05, 3.63) is 36.2 Å². The van der Waals surface area contributed by atoms with Gasteiger partial charge >= 0.3 is 0 Å². The molecule has 2 aliphatic heterocycles. The number of hydrogen-bond donors (Lipinski definition) is 0. The van der Waals surface area contributed by atoms with Gasteiger partial charge in [-0.25, -0.2) is 9.97 Å². The molecule has 150 valence electrons. The predicted octanol–water partition coefficient (Wildman–Crippen LogP) is 3.36. The summed E-state index contributed by atoms with van der Waals surface area (Å²) in [7, 11) is 1.74. The van der Waals surface area contributed by atoms with Gasteiger partial charge in [0.15, 0.2) is 0 Å². The van der Waals surface area contributed by atoms with E-state index in [0.717, 1.165) is 68.4 Å². The normalized spacial score (nSPS) is 20.4. The highest BCUT2D eigenvalue weighted by atomic mass is 16.5. The number of anilines is 3. The van der Waals surface area contributed by atoms with Crippen molar-refractivity contribution in [1.82, 2.24) is 9.97 Å². The number of rotatable bonds is 4. The molecule has 1 aromatic carbocycles. The highest BCUT2D eigenvalue weighted by Crippen LogP contribution is 2.30. The van der Waals surface area contributed by atoms with Gasteiger partial charge in [0.1, 0.15) is 23.2 Å². The minimum Gasteiger partial charge on any atom is -0.495 e. The Morgan fingerprint density at radius 1 is 0.929 bits per heavy atom. The lowest BCUT2D eigenvalue weighted by molar-refractivity contribution is 0.413. The largest absolute Gasteiger partial charge is 0.495 e. The number of nitrogens with zero attached hydrogens (tertiary/aromatic N) is 5. The molecule has 2 aliphatic rings. The van der Waals surface area contributed by atoms with Crippen molar-refractivity contribution in [2.24, 2.45) is 5.92 Å². The molecule has 0 bridgehead atoms. The third kappa shape index (κ3) is 4.01. The van der Waals surface area contributed by atoms with E-state index in [1.807, 2.05) is 19.1 Å². The molecule has 0 spiro atoms. The highest BCUT2D eigenvalue weighted by molar-refractivity contribution is 5.60. The Balaban J connectivity index is 1.47. The fraction of sp³-hybridized carbons (Fsp3) is 0.545. The first kappa shape index (κ1) is 18.8. The number of piperazine rings is 1. The lowest BCUT2D eigenvalue weighted by Crippen LogP contribution is -2.47. The third-order valence-corrected chi connectivity index (χ3v) is 5.82. The Labute approximate surface area is 168 Å². The maximum atomic E-state index is 5.54. The van der Waals surface area contributed by atoms with Crippen LogP contribution >= 0.6 is 0 Å². The smallest absolute Gasteiger partial charge is 0.142 e. The van der Waals surface area contributed by atoms with Crippen LogP contribution < -0.4 is 19.4 Å². The van der Waals surface area contributed by atoms with Crippen LogP contribution in [0.25, 0.3) is 0 Å². The zero-order valence-electron chi connectivity index (χ0n) is 17.3. The first-order valence-corrected chi connectivity index (χ1v) is 10.4. The molecule has 0 aliphatic carbocycles. The van der Waals surface area contributed by atoms with Crippen molar-refractivity contribution < 1.29 is 4.74 Å². The van der Waals surface area contributed by atoms with Crippen molar-refractivity contribution in [2.75, 3.05) is 61.1 Å². The van der Waals surface area contributed by atoms with Crippen LogP contribution in [0.3, 0.4) is 0 Å². The summed E-state index contributed by atoms with van der Waals surface area (Å²) in [5.74, 6) is 4.67. The Morgan fingerprint density at radius 3 is 2.32 bits per heavy atom. The van der Waals surface area contributed by atoms with Gasteiger partial charge in [-0.15, -0.1) is 0 Å². The van der Waals surface area contributed by atoms with Crippen LogP contribution in [0.1, 0.15) is 25.6 Å². The monoisotopic (exact) mass is 381 g/mol. The second-order valence-corrected chi connectivity index (χ2v) is 7.97. The average molecular weight is 382 g/mol. The quantitative estimate of drug-likeness (QED) is 0.809. The summed E-state index contributed by atoms with van der Waals surface area (Å²) in [5.41, 5.74) is 1.17. The number of piperidine rings is 1. The Morgan fingerprint density at radius 2 is 1.61 bits per heavy atom. The molecule has 1 unspecified atom stereocenters. The summed E-state index contributed by atoms with van der Waals surface area (Å²) in [6, 6.07) is 10.4. The van der Waals surface area contributed by atoms with Crippen LogP contribution in [0, 0.1) is 12.8 Å². The SMILES string of the molecule is COc1ccccc1N1CCN(c2cc(N3CCCC(C)C3)nc(C)n2)CC1. The van der Waals surface area contributed by atoms with Gasteiger partial charge in [-0.05, 0) is 37.8 Å². The van der Waals surface area contributed by atoms with Crippen LogP contribution in [0.4, 0.5) is 17.3 Å². The molecular formula is C22H31N5O. The van der Waals surface area contributed by atoms with E-state index in [-0.39, 0.29) is 0 Å². The molecule has 1 atom stereocenters. The van der Waals surface area contributed by atoms with Gasteiger partial charge in [-0.2, -0.15) is 0 Å². The number of para-hydroxylation sites is 2. The molecule has 6 nitrogen and oxygen atoms in total. The number of hydrogen-bond acceptors (Lipinski definition) is 6. The lowest BCUT2D eigenvalue weighted by Gasteiger charge is -2.38. The van der Waals surface area contributed by atoms with E-state index in [1.165, 1.54) is 18.5 Å². The lowest BCUT2D eigenvalue weighted by atomic mass is 10.0. The molecule has 2 aromatic rings. The first-order chi connectivity index (χ1) is 13.6. The van der Waals surface area contributed by atoms with E-state index in [1.54, 1.807) is 7.11 Å². The van der Waals surface area contributed by atoms with Crippen LogP contribution in [0.5, 0.6) is 5.75 Å². The summed E-state index contributed by atoms with van der Waals surface area (Å²) in [4.78, 5) is 16.7. The summed E-state index contributed by atoms with van der Waals surface area (Å²) in [6.45, 7) is 10.3. The van der Waals surface area contributed by atoms with E-state index < -0.39 is 0 Å². The summed E-state index contributed by atoms with van der Waals surface area (Å²) in [5, 5.41) is 0. The minimum atomic E-state index is 0.733. The van der Waals surface area contributed by atoms with Crippen LogP contribution in [0.2, 0.25) is 0 Å². The minimum absolute atomic E-state index is 0.733. The van der Waals surface area contributed by atoms with Gasteiger partial charge in [-0.1, -0.05) is 19.1 Å². The second-order valence-electron chi connectivity index (χ2n) is 7.97. The van der Waals surface area contributed by atoms with Gasteiger partial charge in [-0.3, -0.25) is 0 Å². The fourth-order valence-corrected chi connectivity index (χ4v) is 4.33. The molecule has 28 heavy (non-hydrogen) atoms. The molecular weight excluding hydrogens is 350 g/mol. The van der Waals surface area contributed by atoms with Crippen LogP contribution in [-0.4, -0.2) is 56.3 Å². The van der Waals surface area contributed by atoms with Gasteiger partial charge in [0.05, 0.1) is 12.8 Å². The van der Waals surface area contributed by atoms with Gasteiger partial charge in [0.2, 0.25) is 0 Å². The number of aromatic nitrogens is 2. The number of aryl methyl sites for hydroxylation is 1. The number of benzene rings is 1. The molecule has 3 heterocycles. The maximum Gasteiger partial charge on any atom is 0.142 e. The highest BCUT2D eigenvalue weighted by Gasteiger charge is 2.23. The average Bonchev–Trinajstić information content (AvgIpc) is 2.73. The van der Waals surface area contributed by atoms with Crippen molar-refractivity contribution in [2.45, 2.75) is 26.7 Å². The topological polar surface area (TPSA) is 44.7 Å². The third-order valence-electron chi connectivity index (χ3n) is 5.82. The molecule has 0 saturated carbocycles. The van der Waals surface area contributed by atoms with E-state index in [2.05, 4.69) is 39.8 Å². The summed E-state index contributed by atoms with van der Waals surface area (Å²) in [6.07, 6.45) is 2.56. The molecule has 6 heteroatoms. The van der Waals surface area contributed by atoms with Crippen molar-refractivity contribution >= 4 is 17.3 Å². The van der Waals surface area contributed by atoms with Crippen LogP contribution in [-0.2, 0) is 0 Å². The standard InChI is InChI=1S/C22H31N5O/c1-17-7-6-10-27(16-17)22-15-21(23-18(2)24-22)26-13-11-25(12-14-26)19-8-4-5-9-20(19)28-3/h4-5,8-9,15,17H,6-7,10-14,16H2,1-3H3. The maximum absolute atomic E-state index is 5.54. The second kappa shape index (κ2) is 8.25. The Bertz CT molecular complexity index is 803. The zero-order valence-corrected chi connectivity index (χ0v) is 17.3. The van der Waals surface area contributed by atoms with Crippen molar-refractivity contribution in [3.8, 4) is 5.75 Å². The van der Waals surface area contributed by atoms with E-state index in [0.29, 0.717) is 0 Å². The Hall–Kier alpha value is -2.50. The van der Waals surface area contributed by atoms with Gasteiger partial charge < -0.3 is 19.4 Å². The molecule has 2 fully saturated rings. The molecule has 0 radical (unpaired) electrons. The van der Waals surface area contributed by atoms with Gasteiger partial charge in [0.25, 0.3) is 0 Å². The Kier molecular flexibility index (Phi) is 5.55. The fourth-order valence-electron chi connectivity index (χ4n) is 4.33. The van der Waals surface area contributed by atoms with E-state index in [9.17, 15) is 0 Å². The van der Waals surface area contributed by atoms with Gasteiger partial charge in [0, 0.05) is 45.3 Å². The zero-order chi connectivity index (χ0) is 19.5. The first-order valence-electron chi connectivity index (χ1n) is 10.4. The molecule has 1 aromatic heterocycles. The molecule has 0 amide bonds. The van der Waals surface area contributed by atoms with E-state index >= 15 is 0 Å². The van der Waals surface area contributed by atoms with Crippen LogP contribution in [0.15, 0.2) is 30.3 Å². The summed E-state index contributed by atoms with van der Waals surface area (Å²) < 4.78 is 5.54. The molecule has 2 saturated heterocycles. The number of methoxy groups -OCH3 is 1. The number of ether oxygens (including phenoxy) is 1. The van der Waals surface area contributed by atoms with E-state index in [4.69, 9.17) is 14.7 Å². The van der Waals surface area contributed by atoms with Crippen molar-refractivity contribution in [1.29, 1.82) is 0 Å².